The third-order valence-electron chi connectivity index (χ3n) is 4.25. The summed E-state index contributed by atoms with van der Waals surface area (Å²) in [6, 6.07) is 16.7. The van der Waals surface area contributed by atoms with Crippen LogP contribution in [0, 0.1) is 0 Å². The molecule has 0 aliphatic heterocycles. The molecule has 0 fully saturated rings. The van der Waals surface area contributed by atoms with Crippen molar-refractivity contribution in [3.8, 4) is 11.5 Å². The highest BCUT2D eigenvalue weighted by molar-refractivity contribution is 6.07. The van der Waals surface area contributed by atoms with Gasteiger partial charge >= 0.3 is 0 Å². The molecule has 3 aromatic carbocycles. The van der Waals surface area contributed by atoms with Gasteiger partial charge < -0.3 is 9.84 Å². The number of hydrogen-bond donors (Lipinski definition) is 2. The summed E-state index contributed by atoms with van der Waals surface area (Å²) in [5.74, 6) is 0.186. The van der Waals surface area contributed by atoms with Crippen LogP contribution in [0.5, 0.6) is 11.5 Å². The number of phenols is 1. The van der Waals surface area contributed by atoms with E-state index in [4.69, 9.17) is 4.74 Å². The lowest BCUT2D eigenvalue weighted by Crippen LogP contribution is -2.17. The Morgan fingerprint density at radius 1 is 1.21 bits per heavy atom. The quantitative estimate of drug-likeness (QED) is 0.365. The Kier molecular flexibility index (Phi) is 6.07. The average Bonchev–Trinajstić information content (AvgIpc) is 2.71. The fourth-order valence-corrected chi connectivity index (χ4v) is 2.99. The first kappa shape index (κ1) is 19.2. The molecule has 3 rings (SSSR count). The van der Waals surface area contributed by atoms with Crippen molar-refractivity contribution in [1.82, 2.24) is 5.43 Å². The van der Waals surface area contributed by atoms with Crippen molar-refractivity contribution in [3.05, 3.63) is 83.9 Å². The van der Waals surface area contributed by atoms with Crippen molar-refractivity contribution in [3.63, 3.8) is 0 Å². The lowest BCUT2D eigenvalue weighted by atomic mass is 10.0. The van der Waals surface area contributed by atoms with Crippen molar-refractivity contribution in [2.45, 2.75) is 13.3 Å². The third kappa shape index (κ3) is 4.20. The standard InChI is InChI=1S/C23H22N2O3/c1-3-8-18-13-16(14-21(22(18)26)28-4-2)15-24-25-23(27)20-12-7-10-17-9-5-6-11-19(17)20/h3,5-7,9-15,26H,1,4,8H2,2H3,(H,25,27)/b24-15-. The van der Waals surface area contributed by atoms with Crippen LogP contribution in [0.1, 0.15) is 28.4 Å². The fraction of sp³-hybridized carbons (Fsp3) is 0.130. The van der Waals surface area contributed by atoms with Crippen LogP contribution < -0.4 is 10.2 Å². The minimum Gasteiger partial charge on any atom is -0.504 e. The molecule has 0 saturated heterocycles. The van der Waals surface area contributed by atoms with Gasteiger partial charge in [-0.1, -0.05) is 42.5 Å². The van der Waals surface area contributed by atoms with Crippen LogP contribution in [0.2, 0.25) is 0 Å². The zero-order valence-electron chi connectivity index (χ0n) is 15.7. The molecule has 0 radical (unpaired) electrons. The van der Waals surface area contributed by atoms with E-state index in [1.165, 1.54) is 6.21 Å². The summed E-state index contributed by atoms with van der Waals surface area (Å²) in [5.41, 5.74) is 4.51. The highest BCUT2D eigenvalue weighted by atomic mass is 16.5. The monoisotopic (exact) mass is 374 g/mol. The van der Waals surface area contributed by atoms with Crippen molar-refractivity contribution in [1.29, 1.82) is 0 Å². The lowest BCUT2D eigenvalue weighted by Gasteiger charge is -2.11. The molecule has 3 aromatic rings. The Hall–Kier alpha value is -3.60. The first-order chi connectivity index (χ1) is 13.6. The molecule has 0 aromatic heterocycles. The summed E-state index contributed by atoms with van der Waals surface area (Å²) in [5, 5.41) is 16.2. The first-order valence-corrected chi connectivity index (χ1v) is 9.04. The molecule has 0 bridgehead atoms. The molecule has 0 aliphatic carbocycles. The van der Waals surface area contributed by atoms with Gasteiger partial charge in [0.1, 0.15) is 0 Å². The maximum absolute atomic E-state index is 12.5. The minimum atomic E-state index is -0.289. The Morgan fingerprint density at radius 2 is 2.00 bits per heavy atom. The van der Waals surface area contributed by atoms with Crippen molar-refractivity contribution >= 4 is 22.9 Å². The van der Waals surface area contributed by atoms with Crippen molar-refractivity contribution in [2.75, 3.05) is 6.61 Å². The average molecular weight is 374 g/mol. The summed E-state index contributed by atoms with van der Waals surface area (Å²) < 4.78 is 5.48. The predicted octanol–water partition coefficient (Wildman–Crippen LogP) is 4.44. The Balaban J connectivity index is 1.82. The number of hydrogen-bond acceptors (Lipinski definition) is 4. The number of rotatable bonds is 7. The zero-order valence-corrected chi connectivity index (χ0v) is 15.7. The lowest BCUT2D eigenvalue weighted by molar-refractivity contribution is 0.0957. The van der Waals surface area contributed by atoms with E-state index in [1.807, 2.05) is 43.3 Å². The van der Waals surface area contributed by atoms with Crippen LogP contribution in [0.4, 0.5) is 0 Å². The fourth-order valence-electron chi connectivity index (χ4n) is 2.99. The Morgan fingerprint density at radius 3 is 2.79 bits per heavy atom. The number of nitrogens with zero attached hydrogens (tertiary/aromatic N) is 1. The number of nitrogens with one attached hydrogen (secondary N) is 1. The Bertz CT molecular complexity index is 1040. The van der Waals surface area contributed by atoms with Gasteiger partial charge in [-0.15, -0.1) is 6.58 Å². The molecule has 0 heterocycles. The number of carbonyl (C=O) groups is 1. The van der Waals surface area contributed by atoms with E-state index in [0.717, 1.165) is 10.8 Å². The highest BCUT2D eigenvalue weighted by Gasteiger charge is 2.11. The molecule has 0 atom stereocenters. The van der Waals surface area contributed by atoms with Gasteiger partial charge in [0, 0.05) is 11.1 Å². The third-order valence-corrected chi connectivity index (χ3v) is 4.25. The number of allylic oxidation sites excluding steroid dienone is 1. The second kappa shape index (κ2) is 8.86. The SMILES string of the molecule is C=CCc1cc(/C=N\NC(=O)c2cccc3ccccc23)cc(OCC)c1O. The molecule has 1 amide bonds. The van der Waals surface area contributed by atoms with Gasteiger partial charge in [-0.2, -0.15) is 5.10 Å². The molecular formula is C23H22N2O3. The Labute approximate surface area is 164 Å². The normalized spacial score (nSPS) is 10.9. The molecule has 142 valence electrons. The second-order valence-electron chi connectivity index (χ2n) is 6.18. The van der Waals surface area contributed by atoms with Crippen LogP contribution >= 0.6 is 0 Å². The molecule has 28 heavy (non-hydrogen) atoms. The molecule has 5 nitrogen and oxygen atoms in total. The van der Waals surface area contributed by atoms with E-state index in [2.05, 4.69) is 17.1 Å². The topological polar surface area (TPSA) is 70.9 Å². The van der Waals surface area contributed by atoms with Crippen molar-refractivity contribution in [2.24, 2.45) is 5.10 Å². The van der Waals surface area contributed by atoms with Gasteiger partial charge in [0.25, 0.3) is 5.91 Å². The number of ether oxygens (including phenoxy) is 1. The van der Waals surface area contributed by atoms with Crippen LogP contribution in [-0.2, 0) is 6.42 Å². The molecular weight excluding hydrogens is 352 g/mol. The number of amides is 1. The van der Waals surface area contributed by atoms with E-state index >= 15 is 0 Å². The molecule has 5 heteroatoms. The summed E-state index contributed by atoms with van der Waals surface area (Å²) in [6.45, 7) is 5.98. The van der Waals surface area contributed by atoms with Crippen LogP contribution in [0.15, 0.2) is 72.4 Å². The molecule has 0 spiro atoms. The summed E-state index contributed by atoms with van der Waals surface area (Å²) in [7, 11) is 0. The number of aromatic hydroxyl groups is 1. The van der Waals surface area contributed by atoms with Crippen LogP contribution in [0.3, 0.4) is 0 Å². The summed E-state index contributed by atoms with van der Waals surface area (Å²) >= 11 is 0. The number of phenolic OH excluding ortho intramolecular Hbond substituents is 1. The zero-order chi connectivity index (χ0) is 19.9. The number of hydrazone groups is 1. The van der Waals surface area contributed by atoms with Crippen LogP contribution in [0.25, 0.3) is 10.8 Å². The molecule has 0 saturated carbocycles. The van der Waals surface area contributed by atoms with Crippen LogP contribution in [-0.4, -0.2) is 23.8 Å². The van der Waals surface area contributed by atoms with Gasteiger partial charge in [0.05, 0.1) is 12.8 Å². The molecule has 0 aliphatic rings. The number of benzene rings is 3. The van der Waals surface area contributed by atoms with E-state index < -0.39 is 0 Å². The van der Waals surface area contributed by atoms with Crippen molar-refractivity contribution < 1.29 is 14.6 Å². The smallest absolute Gasteiger partial charge is 0.271 e. The summed E-state index contributed by atoms with van der Waals surface area (Å²) in [6.07, 6.45) is 3.72. The van der Waals surface area contributed by atoms with E-state index in [-0.39, 0.29) is 11.7 Å². The predicted molar refractivity (Wildman–Crippen MR) is 112 cm³/mol. The highest BCUT2D eigenvalue weighted by Crippen LogP contribution is 2.32. The molecule has 2 N–H and O–H groups in total. The van der Waals surface area contributed by atoms with Gasteiger partial charge in [-0.3, -0.25) is 4.79 Å². The van der Waals surface area contributed by atoms with Gasteiger partial charge in [0.15, 0.2) is 11.5 Å². The minimum absolute atomic E-state index is 0.0960. The molecule has 0 unspecified atom stereocenters. The van der Waals surface area contributed by atoms with Gasteiger partial charge in [-0.25, -0.2) is 5.43 Å². The largest absolute Gasteiger partial charge is 0.504 e. The number of fused-ring (bicyclic) bond motifs is 1. The summed E-state index contributed by atoms with van der Waals surface area (Å²) in [4.78, 5) is 12.5. The van der Waals surface area contributed by atoms with Gasteiger partial charge in [-0.05, 0) is 47.9 Å². The van der Waals surface area contributed by atoms with Gasteiger partial charge in [0.2, 0.25) is 0 Å². The number of carbonyl (C=O) groups excluding carboxylic acids is 1. The first-order valence-electron chi connectivity index (χ1n) is 9.04. The van der Waals surface area contributed by atoms with E-state index in [0.29, 0.717) is 35.5 Å². The van der Waals surface area contributed by atoms with E-state index in [9.17, 15) is 9.90 Å². The maximum Gasteiger partial charge on any atom is 0.271 e. The second-order valence-corrected chi connectivity index (χ2v) is 6.18. The van der Waals surface area contributed by atoms with E-state index in [1.54, 1.807) is 24.3 Å². The maximum atomic E-state index is 12.5.